The fraction of sp³-hybridized carbons (Fsp3) is 0.538. The fourth-order valence-corrected chi connectivity index (χ4v) is 6.23. The Morgan fingerprint density at radius 2 is 1.76 bits per heavy atom. The molecule has 0 spiro atoms. The van der Waals surface area contributed by atoms with E-state index in [4.69, 9.17) is 4.74 Å². The number of anilines is 1. The topological polar surface area (TPSA) is 58.6 Å². The van der Waals surface area contributed by atoms with Crippen LogP contribution in [0.5, 0.6) is 0 Å². The van der Waals surface area contributed by atoms with Crippen molar-refractivity contribution >= 4 is 28.2 Å². The summed E-state index contributed by atoms with van der Waals surface area (Å²) in [5, 5.41) is 3.58. The van der Waals surface area contributed by atoms with Crippen LogP contribution in [0.15, 0.2) is 24.3 Å². The highest BCUT2D eigenvalue weighted by Crippen LogP contribution is 2.45. The Morgan fingerprint density at radius 1 is 1.12 bits per heavy atom. The highest BCUT2D eigenvalue weighted by molar-refractivity contribution is 7.17. The van der Waals surface area contributed by atoms with Gasteiger partial charge in [-0.3, -0.25) is 9.59 Å². The molecule has 1 aromatic heterocycles. The molecule has 3 atom stereocenters. The van der Waals surface area contributed by atoms with Crippen LogP contribution in [-0.4, -0.2) is 42.0 Å². The van der Waals surface area contributed by atoms with Gasteiger partial charge >= 0.3 is 0 Å². The van der Waals surface area contributed by atoms with Gasteiger partial charge in [0.2, 0.25) is 0 Å². The van der Waals surface area contributed by atoms with Crippen LogP contribution in [0.3, 0.4) is 0 Å². The molecule has 178 valence electrons. The van der Waals surface area contributed by atoms with Crippen LogP contribution in [-0.2, 0) is 17.6 Å². The number of amides is 2. The van der Waals surface area contributed by atoms with Gasteiger partial charge in [-0.15, -0.1) is 11.3 Å². The van der Waals surface area contributed by atoms with Crippen molar-refractivity contribution < 1.29 is 18.7 Å². The predicted molar refractivity (Wildman–Crippen MR) is 130 cm³/mol. The first-order valence-electron chi connectivity index (χ1n) is 11.7. The average Bonchev–Trinajstić information content (AvgIpc) is 3.09. The third-order valence-corrected chi connectivity index (χ3v) is 7.91. The van der Waals surface area contributed by atoms with Gasteiger partial charge in [-0.05, 0) is 74.3 Å². The van der Waals surface area contributed by atoms with E-state index in [0.717, 1.165) is 24.8 Å². The predicted octanol–water partition coefficient (Wildman–Crippen LogP) is 5.54. The summed E-state index contributed by atoms with van der Waals surface area (Å²) in [5.74, 6) is -0.245. The molecule has 5 nitrogen and oxygen atoms in total. The van der Waals surface area contributed by atoms with Crippen molar-refractivity contribution in [2.75, 3.05) is 18.4 Å². The van der Waals surface area contributed by atoms with E-state index in [1.807, 2.05) is 18.7 Å². The minimum Gasteiger partial charge on any atom is -0.372 e. The number of ether oxygens (including phenoxy) is 1. The minimum atomic E-state index is -0.391. The molecule has 2 aromatic rings. The maximum absolute atomic E-state index is 13.8. The van der Waals surface area contributed by atoms with Gasteiger partial charge in [0, 0.05) is 23.5 Å². The van der Waals surface area contributed by atoms with Gasteiger partial charge in [0.1, 0.15) is 10.8 Å². The number of morpholine rings is 1. The van der Waals surface area contributed by atoms with Crippen LogP contribution >= 0.6 is 11.3 Å². The molecule has 0 unspecified atom stereocenters. The maximum Gasteiger partial charge on any atom is 0.257 e. The third-order valence-electron chi connectivity index (χ3n) is 6.74. The number of rotatable bonds is 3. The largest absolute Gasteiger partial charge is 0.372 e. The zero-order valence-corrected chi connectivity index (χ0v) is 20.9. The summed E-state index contributed by atoms with van der Waals surface area (Å²) < 4.78 is 19.1. The molecule has 1 N–H and O–H groups in total. The molecule has 0 saturated carbocycles. The second-order valence-electron chi connectivity index (χ2n) is 10.4. The lowest BCUT2D eigenvalue weighted by molar-refractivity contribution is -0.0586. The normalized spacial score (nSPS) is 23.2. The van der Waals surface area contributed by atoms with Crippen molar-refractivity contribution in [2.45, 2.75) is 66.1 Å². The summed E-state index contributed by atoms with van der Waals surface area (Å²) in [7, 11) is 0. The fourth-order valence-electron chi connectivity index (χ4n) is 4.92. The lowest BCUT2D eigenvalue weighted by Crippen LogP contribution is -2.48. The second-order valence-corrected chi connectivity index (χ2v) is 11.5. The molecule has 33 heavy (non-hydrogen) atoms. The SMILES string of the molecule is C[C@H]1CN(C(=O)c2c(NC(=O)c3ccc(F)cc3)sc3c2CC[C@@H](C(C)(C)C)C3)C[C@H](C)O1. The summed E-state index contributed by atoms with van der Waals surface area (Å²) in [6, 6.07) is 5.46. The zero-order valence-electron chi connectivity index (χ0n) is 20.0. The zero-order chi connectivity index (χ0) is 23.9. The second kappa shape index (κ2) is 9.18. The number of fused-ring (bicyclic) bond motifs is 1. The quantitative estimate of drug-likeness (QED) is 0.638. The van der Waals surface area contributed by atoms with Crippen molar-refractivity contribution in [2.24, 2.45) is 11.3 Å². The Bertz CT molecular complexity index is 1030. The van der Waals surface area contributed by atoms with Gasteiger partial charge in [0.15, 0.2) is 0 Å². The number of carbonyl (C=O) groups is 2. The van der Waals surface area contributed by atoms with Crippen LogP contribution < -0.4 is 5.32 Å². The average molecular weight is 473 g/mol. The first kappa shape index (κ1) is 23.9. The van der Waals surface area contributed by atoms with Crippen molar-refractivity contribution in [1.82, 2.24) is 4.90 Å². The molecule has 7 heteroatoms. The molecule has 0 bridgehead atoms. The molecule has 1 saturated heterocycles. The third kappa shape index (κ3) is 5.14. The number of hydrogen-bond acceptors (Lipinski definition) is 4. The lowest BCUT2D eigenvalue weighted by Gasteiger charge is -2.36. The first-order valence-corrected chi connectivity index (χ1v) is 12.5. The summed E-state index contributed by atoms with van der Waals surface area (Å²) in [5.41, 5.74) is 2.24. The maximum atomic E-state index is 13.8. The lowest BCUT2D eigenvalue weighted by atomic mass is 9.72. The van der Waals surface area contributed by atoms with Crippen molar-refractivity contribution in [3.63, 3.8) is 0 Å². The van der Waals surface area contributed by atoms with E-state index >= 15 is 0 Å². The molecule has 1 aromatic carbocycles. The number of carbonyl (C=O) groups excluding carboxylic acids is 2. The van der Waals surface area contributed by atoms with Crippen LogP contribution in [0.4, 0.5) is 9.39 Å². The Labute approximate surface area is 199 Å². The smallest absolute Gasteiger partial charge is 0.257 e. The number of thiophene rings is 1. The monoisotopic (exact) mass is 472 g/mol. The van der Waals surface area contributed by atoms with E-state index in [1.165, 1.54) is 40.5 Å². The number of halogens is 1. The van der Waals surface area contributed by atoms with Gasteiger partial charge < -0.3 is 15.0 Å². The number of nitrogens with one attached hydrogen (secondary N) is 1. The number of benzene rings is 1. The van der Waals surface area contributed by atoms with Crippen molar-refractivity contribution in [1.29, 1.82) is 0 Å². The molecule has 1 aliphatic carbocycles. The highest BCUT2D eigenvalue weighted by atomic mass is 32.1. The molecule has 4 rings (SSSR count). The van der Waals surface area contributed by atoms with Crippen LogP contribution in [0, 0.1) is 17.2 Å². The van der Waals surface area contributed by atoms with Crippen molar-refractivity contribution in [3.8, 4) is 0 Å². The van der Waals surface area contributed by atoms with Crippen LogP contribution in [0.25, 0.3) is 0 Å². The molecule has 2 heterocycles. The number of nitrogens with zero attached hydrogens (tertiary/aromatic N) is 1. The molecule has 2 aliphatic rings. The van der Waals surface area contributed by atoms with Crippen LogP contribution in [0.2, 0.25) is 0 Å². The summed E-state index contributed by atoms with van der Waals surface area (Å²) in [6.07, 6.45) is 2.70. The highest BCUT2D eigenvalue weighted by Gasteiger charge is 2.36. The van der Waals surface area contributed by atoms with E-state index in [9.17, 15) is 14.0 Å². The summed E-state index contributed by atoms with van der Waals surface area (Å²) in [4.78, 5) is 29.7. The number of hydrogen-bond donors (Lipinski definition) is 1. The van der Waals surface area contributed by atoms with Crippen LogP contribution in [0.1, 0.15) is 72.2 Å². The Morgan fingerprint density at radius 3 is 2.36 bits per heavy atom. The van der Waals surface area contributed by atoms with Gasteiger partial charge in [0.05, 0.1) is 17.8 Å². The van der Waals surface area contributed by atoms with Gasteiger partial charge in [0.25, 0.3) is 11.8 Å². The molecule has 1 aliphatic heterocycles. The Hall–Kier alpha value is -2.25. The van der Waals surface area contributed by atoms with E-state index in [-0.39, 0.29) is 29.4 Å². The molecule has 0 radical (unpaired) electrons. The van der Waals surface area contributed by atoms with Crippen molar-refractivity contribution in [3.05, 3.63) is 51.7 Å². The molecule has 2 amide bonds. The molecular weight excluding hydrogens is 439 g/mol. The Kier molecular flexibility index (Phi) is 6.65. The minimum absolute atomic E-state index is 0.0327. The van der Waals surface area contributed by atoms with E-state index in [2.05, 4.69) is 26.1 Å². The van der Waals surface area contributed by atoms with E-state index in [1.54, 1.807) is 0 Å². The Balaban J connectivity index is 1.69. The first-order chi connectivity index (χ1) is 15.5. The summed E-state index contributed by atoms with van der Waals surface area (Å²) >= 11 is 1.52. The molecule has 1 fully saturated rings. The van der Waals surface area contributed by atoms with Gasteiger partial charge in [-0.1, -0.05) is 20.8 Å². The molecular formula is C26H33FN2O3S. The van der Waals surface area contributed by atoms with Gasteiger partial charge in [-0.2, -0.15) is 0 Å². The summed E-state index contributed by atoms with van der Waals surface area (Å²) in [6.45, 7) is 11.8. The standard InChI is InChI=1S/C26H33FN2O3S/c1-15-13-29(14-16(2)32-15)25(31)22-20-11-8-18(26(3,4)5)12-21(20)33-24(22)28-23(30)17-6-9-19(27)10-7-17/h6-7,9-10,15-16,18H,8,11-14H2,1-5H3,(H,28,30)/t15-,16-,18+/m0/s1. The van der Waals surface area contributed by atoms with Gasteiger partial charge in [-0.25, -0.2) is 4.39 Å². The van der Waals surface area contributed by atoms with E-state index < -0.39 is 5.82 Å². The van der Waals surface area contributed by atoms with E-state index in [0.29, 0.717) is 35.1 Å².